The molecule has 148 valence electrons. The van der Waals surface area contributed by atoms with Crippen molar-refractivity contribution in [2.75, 3.05) is 31.1 Å². The van der Waals surface area contributed by atoms with Crippen LogP contribution >= 0.6 is 11.3 Å². The molecule has 0 aliphatic carbocycles. The van der Waals surface area contributed by atoms with E-state index in [1.807, 2.05) is 38.1 Å². The van der Waals surface area contributed by atoms with Crippen molar-refractivity contribution in [1.29, 1.82) is 0 Å². The lowest BCUT2D eigenvalue weighted by Gasteiger charge is -2.38. The molecule has 0 bridgehead atoms. The molecule has 1 saturated heterocycles. The molecule has 1 unspecified atom stereocenters. The van der Waals surface area contributed by atoms with E-state index in [-0.39, 0.29) is 11.8 Å². The van der Waals surface area contributed by atoms with E-state index in [1.54, 1.807) is 17.7 Å². The van der Waals surface area contributed by atoms with Gasteiger partial charge in [0, 0.05) is 48.3 Å². The van der Waals surface area contributed by atoms with Crippen LogP contribution in [-0.4, -0.2) is 57.9 Å². The lowest BCUT2D eigenvalue weighted by molar-refractivity contribution is 0.0831. The summed E-state index contributed by atoms with van der Waals surface area (Å²) in [5.41, 5.74) is 2.79. The number of aromatic nitrogens is 3. The number of hydrogen-bond donors (Lipinski definition) is 1. The maximum atomic E-state index is 13.3. The zero-order valence-corrected chi connectivity index (χ0v) is 17.4. The lowest BCUT2D eigenvalue weighted by Crippen LogP contribution is -2.52. The molecule has 3 aromatic heterocycles. The van der Waals surface area contributed by atoms with Gasteiger partial charge < -0.3 is 9.88 Å². The van der Waals surface area contributed by atoms with E-state index in [0.717, 1.165) is 64.4 Å². The van der Waals surface area contributed by atoms with Crippen LogP contribution in [-0.2, 0) is 0 Å². The molecular weight excluding hydrogens is 382 g/mol. The molecule has 1 N–H and O–H groups in total. The number of carbonyl (C=O) groups excluding carboxylic acids is 1. The summed E-state index contributed by atoms with van der Waals surface area (Å²) in [7, 11) is 0. The van der Waals surface area contributed by atoms with E-state index in [9.17, 15) is 4.79 Å². The molecule has 5 rings (SSSR count). The standard InChI is InChI=1S/C22H23N5OS/c1-14-19(16-5-3-4-6-18(16)25-14)20(28)15(2)26-8-10-27(11-9-26)21-17-7-12-29-22(17)24-13-23-21/h3-7,12-13,15,25H,8-11H2,1-2H3. The third-order valence-electron chi connectivity index (χ3n) is 5.92. The summed E-state index contributed by atoms with van der Waals surface area (Å²) in [5.74, 6) is 1.19. The van der Waals surface area contributed by atoms with Crippen LogP contribution in [0.15, 0.2) is 42.0 Å². The van der Waals surface area contributed by atoms with Gasteiger partial charge in [-0.25, -0.2) is 9.97 Å². The van der Waals surface area contributed by atoms with Crippen LogP contribution in [0.1, 0.15) is 23.0 Å². The van der Waals surface area contributed by atoms with Crippen molar-refractivity contribution in [2.45, 2.75) is 19.9 Å². The number of hydrogen-bond acceptors (Lipinski definition) is 6. The van der Waals surface area contributed by atoms with Crippen molar-refractivity contribution in [2.24, 2.45) is 0 Å². The van der Waals surface area contributed by atoms with Gasteiger partial charge in [-0.05, 0) is 31.4 Å². The Morgan fingerprint density at radius 2 is 1.90 bits per heavy atom. The first-order chi connectivity index (χ1) is 14.1. The Kier molecular flexibility index (Phi) is 4.56. The number of thiophene rings is 1. The van der Waals surface area contributed by atoms with Crippen molar-refractivity contribution < 1.29 is 4.79 Å². The zero-order chi connectivity index (χ0) is 20.0. The number of fused-ring (bicyclic) bond motifs is 2. The third-order valence-corrected chi connectivity index (χ3v) is 6.74. The van der Waals surface area contributed by atoms with Crippen LogP contribution < -0.4 is 4.90 Å². The first-order valence-corrected chi connectivity index (χ1v) is 10.8. The van der Waals surface area contributed by atoms with Crippen LogP contribution in [0.3, 0.4) is 0 Å². The number of benzene rings is 1. The number of nitrogens with zero attached hydrogens (tertiary/aromatic N) is 4. The molecule has 0 saturated carbocycles. The molecule has 1 aromatic carbocycles. The number of rotatable bonds is 4. The Labute approximate surface area is 173 Å². The summed E-state index contributed by atoms with van der Waals surface area (Å²) in [4.78, 5) is 31.2. The van der Waals surface area contributed by atoms with Crippen LogP contribution in [0.5, 0.6) is 0 Å². The van der Waals surface area contributed by atoms with Gasteiger partial charge in [0.05, 0.1) is 11.4 Å². The minimum atomic E-state index is -0.151. The average Bonchev–Trinajstić information content (AvgIpc) is 3.36. The summed E-state index contributed by atoms with van der Waals surface area (Å²) in [5, 5.41) is 4.19. The molecule has 4 heterocycles. The summed E-state index contributed by atoms with van der Waals surface area (Å²) < 4.78 is 0. The second-order valence-corrected chi connectivity index (χ2v) is 8.47. The first-order valence-electron chi connectivity index (χ1n) is 9.92. The number of carbonyl (C=O) groups is 1. The highest BCUT2D eigenvalue weighted by atomic mass is 32.1. The summed E-state index contributed by atoms with van der Waals surface area (Å²) in [6, 6.07) is 9.97. The normalized spacial score (nSPS) is 16.6. The van der Waals surface area contributed by atoms with E-state index in [2.05, 4.69) is 36.2 Å². The summed E-state index contributed by atoms with van der Waals surface area (Å²) in [6.07, 6.45) is 1.65. The molecule has 1 aliphatic rings. The molecular formula is C22H23N5OS. The second-order valence-electron chi connectivity index (χ2n) is 7.57. The van der Waals surface area contributed by atoms with Crippen molar-refractivity contribution in [3.63, 3.8) is 0 Å². The van der Waals surface area contributed by atoms with Gasteiger partial charge in [0.1, 0.15) is 17.0 Å². The van der Waals surface area contributed by atoms with E-state index in [4.69, 9.17) is 0 Å². The van der Waals surface area contributed by atoms with Crippen LogP contribution in [0.2, 0.25) is 0 Å². The Bertz CT molecular complexity index is 1190. The van der Waals surface area contributed by atoms with Crippen LogP contribution in [0.25, 0.3) is 21.1 Å². The Balaban J connectivity index is 1.33. The predicted molar refractivity (Wildman–Crippen MR) is 118 cm³/mol. The number of aryl methyl sites for hydroxylation is 1. The highest BCUT2D eigenvalue weighted by Crippen LogP contribution is 2.28. The Hall–Kier alpha value is -2.77. The second kappa shape index (κ2) is 7.24. The molecule has 1 aliphatic heterocycles. The fraction of sp³-hybridized carbons (Fsp3) is 0.318. The van der Waals surface area contributed by atoms with Gasteiger partial charge in [0.2, 0.25) is 0 Å². The van der Waals surface area contributed by atoms with E-state index in [1.165, 1.54) is 0 Å². The van der Waals surface area contributed by atoms with Crippen molar-refractivity contribution in [1.82, 2.24) is 19.9 Å². The smallest absolute Gasteiger partial charge is 0.182 e. The lowest BCUT2D eigenvalue weighted by atomic mass is 10.0. The molecule has 0 spiro atoms. The number of para-hydroxylation sites is 1. The summed E-state index contributed by atoms with van der Waals surface area (Å²) in [6.45, 7) is 7.40. The average molecular weight is 406 g/mol. The molecule has 1 atom stereocenters. The highest BCUT2D eigenvalue weighted by molar-refractivity contribution is 7.16. The molecule has 29 heavy (non-hydrogen) atoms. The first kappa shape index (κ1) is 18.3. The number of H-pyrrole nitrogens is 1. The van der Waals surface area contributed by atoms with E-state index < -0.39 is 0 Å². The number of ketones is 1. The fourth-order valence-corrected chi connectivity index (χ4v) is 5.05. The minimum absolute atomic E-state index is 0.151. The molecule has 4 aromatic rings. The summed E-state index contributed by atoms with van der Waals surface area (Å²) >= 11 is 1.64. The molecule has 0 amide bonds. The topological polar surface area (TPSA) is 65.1 Å². The molecule has 1 fully saturated rings. The van der Waals surface area contributed by atoms with Gasteiger partial charge >= 0.3 is 0 Å². The largest absolute Gasteiger partial charge is 0.358 e. The van der Waals surface area contributed by atoms with Crippen molar-refractivity contribution in [3.05, 3.63) is 53.3 Å². The SMILES string of the molecule is Cc1[nH]c2ccccc2c1C(=O)C(C)N1CCN(c2ncnc3sccc23)CC1. The Morgan fingerprint density at radius 3 is 2.72 bits per heavy atom. The van der Waals surface area contributed by atoms with Crippen LogP contribution in [0, 0.1) is 6.92 Å². The number of aromatic amines is 1. The zero-order valence-electron chi connectivity index (χ0n) is 16.6. The molecule has 6 nitrogen and oxygen atoms in total. The van der Waals surface area contributed by atoms with Gasteiger partial charge in [0.15, 0.2) is 5.78 Å². The van der Waals surface area contributed by atoms with E-state index in [0.29, 0.717) is 0 Å². The van der Waals surface area contributed by atoms with Crippen molar-refractivity contribution in [3.8, 4) is 0 Å². The fourth-order valence-electron chi connectivity index (χ4n) is 4.32. The number of nitrogens with one attached hydrogen (secondary N) is 1. The third kappa shape index (κ3) is 3.10. The highest BCUT2D eigenvalue weighted by Gasteiger charge is 2.29. The number of piperazine rings is 1. The number of anilines is 1. The Morgan fingerprint density at radius 1 is 1.10 bits per heavy atom. The van der Waals surface area contributed by atoms with Gasteiger partial charge in [-0.15, -0.1) is 11.3 Å². The predicted octanol–water partition coefficient (Wildman–Crippen LogP) is 3.87. The van der Waals surface area contributed by atoms with Crippen LogP contribution in [0.4, 0.5) is 5.82 Å². The van der Waals surface area contributed by atoms with Gasteiger partial charge in [0.25, 0.3) is 0 Å². The van der Waals surface area contributed by atoms with Gasteiger partial charge in [-0.3, -0.25) is 9.69 Å². The maximum absolute atomic E-state index is 13.3. The van der Waals surface area contributed by atoms with E-state index >= 15 is 0 Å². The minimum Gasteiger partial charge on any atom is -0.358 e. The van der Waals surface area contributed by atoms with Gasteiger partial charge in [-0.2, -0.15) is 0 Å². The molecule has 7 heteroatoms. The monoisotopic (exact) mass is 405 g/mol. The maximum Gasteiger partial charge on any atom is 0.182 e. The van der Waals surface area contributed by atoms with Crippen molar-refractivity contribution >= 4 is 44.1 Å². The number of Topliss-reactive ketones (excluding diaryl/α,β-unsaturated/α-hetero) is 1. The quantitative estimate of drug-likeness (QED) is 0.522. The molecule has 0 radical (unpaired) electrons. The van der Waals surface area contributed by atoms with Gasteiger partial charge in [-0.1, -0.05) is 18.2 Å².